The molecule has 0 saturated heterocycles. The molecule has 5 heteroatoms. The van der Waals surface area contributed by atoms with Crippen LogP contribution >= 0.6 is 0 Å². The van der Waals surface area contributed by atoms with E-state index in [0.717, 1.165) is 18.8 Å². The first-order chi connectivity index (χ1) is 10.2. The van der Waals surface area contributed by atoms with E-state index in [9.17, 15) is 0 Å². The Hall–Kier alpha value is -1.36. The summed E-state index contributed by atoms with van der Waals surface area (Å²) < 4.78 is 2.19. The molecular formula is C16H27N5. The molecule has 3 rings (SSSR count). The van der Waals surface area contributed by atoms with E-state index in [1.54, 1.807) is 0 Å². The minimum atomic E-state index is 0.286. The van der Waals surface area contributed by atoms with Crippen molar-refractivity contribution in [2.24, 2.45) is 5.73 Å². The Morgan fingerprint density at radius 1 is 1.29 bits per heavy atom. The summed E-state index contributed by atoms with van der Waals surface area (Å²) in [6.07, 6.45) is 12.0. The Morgan fingerprint density at radius 2 is 2.05 bits per heavy atom. The highest BCUT2D eigenvalue weighted by atomic mass is 15.3. The number of nitrogens with zero attached hydrogens (tertiary/aromatic N) is 3. The van der Waals surface area contributed by atoms with Gasteiger partial charge in [-0.2, -0.15) is 5.10 Å². The summed E-state index contributed by atoms with van der Waals surface area (Å²) in [6, 6.07) is 3.46. The summed E-state index contributed by atoms with van der Waals surface area (Å²) in [5.41, 5.74) is 6.66. The number of nitrogens with two attached hydrogens (primary N) is 1. The van der Waals surface area contributed by atoms with Crippen LogP contribution in [0.1, 0.15) is 63.1 Å². The first kappa shape index (κ1) is 14.6. The molecule has 0 radical (unpaired) electrons. The van der Waals surface area contributed by atoms with E-state index in [2.05, 4.69) is 21.8 Å². The highest BCUT2D eigenvalue weighted by Crippen LogP contribution is 2.29. The molecule has 1 heterocycles. The Labute approximate surface area is 127 Å². The zero-order valence-corrected chi connectivity index (χ0v) is 12.8. The van der Waals surface area contributed by atoms with Crippen LogP contribution in [0.3, 0.4) is 0 Å². The molecule has 2 saturated carbocycles. The van der Waals surface area contributed by atoms with Crippen LogP contribution in [0.25, 0.3) is 0 Å². The number of hydrogen-bond acceptors (Lipinski definition) is 3. The van der Waals surface area contributed by atoms with Gasteiger partial charge in [-0.25, -0.2) is 0 Å². The molecule has 0 aromatic carbocycles. The maximum absolute atomic E-state index is 7.40. The van der Waals surface area contributed by atoms with Crippen molar-refractivity contribution < 1.29 is 0 Å². The first-order valence-corrected chi connectivity index (χ1v) is 8.33. The fourth-order valence-corrected chi connectivity index (χ4v) is 3.31. The third kappa shape index (κ3) is 4.06. The van der Waals surface area contributed by atoms with Gasteiger partial charge in [0.2, 0.25) is 0 Å². The van der Waals surface area contributed by atoms with Crippen molar-refractivity contribution in [3.8, 4) is 0 Å². The van der Waals surface area contributed by atoms with E-state index >= 15 is 0 Å². The zero-order chi connectivity index (χ0) is 14.7. The second-order valence-electron chi connectivity index (χ2n) is 6.56. The van der Waals surface area contributed by atoms with Crippen molar-refractivity contribution in [2.75, 3.05) is 6.54 Å². The Kier molecular flexibility index (Phi) is 4.58. The van der Waals surface area contributed by atoms with Crippen LogP contribution < -0.4 is 5.73 Å². The monoisotopic (exact) mass is 289 g/mol. The molecule has 116 valence electrons. The van der Waals surface area contributed by atoms with Gasteiger partial charge in [0.15, 0.2) is 0 Å². The molecule has 1 aromatic heterocycles. The van der Waals surface area contributed by atoms with Gasteiger partial charge in [-0.05, 0) is 31.7 Å². The van der Waals surface area contributed by atoms with E-state index < -0.39 is 0 Å². The smallest absolute Gasteiger partial charge is 0.0918 e. The molecule has 0 unspecified atom stereocenters. The average molecular weight is 289 g/mol. The fourth-order valence-electron chi connectivity index (χ4n) is 3.31. The van der Waals surface area contributed by atoms with Crippen molar-refractivity contribution in [3.63, 3.8) is 0 Å². The molecule has 1 aromatic rings. The molecule has 2 fully saturated rings. The van der Waals surface area contributed by atoms with Crippen LogP contribution in [-0.4, -0.2) is 33.1 Å². The van der Waals surface area contributed by atoms with Gasteiger partial charge in [0.1, 0.15) is 0 Å². The van der Waals surface area contributed by atoms with E-state index in [1.807, 2.05) is 0 Å². The lowest BCUT2D eigenvalue weighted by Gasteiger charge is -2.22. The second-order valence-corrected chi connectivity index (χ2v) is 6.56. The third-order valence-corrected chi connectivity index (χ3v) is 4.71. The van der Waals surface area contributed by atoms with Crippen LogP contribution in [0.15, 0.2) is 12.3 Å². The fraction of sp³-hybridized carbons (Fsp3) is 0.750. The van der Waals surface area contributed by atoms with Crippen molar-refractivity contribution in [3.05, 3.63) is 18.0 Å². The number of nitrogens with one attached hydrogen (secondary N) is 1. The van der Waals surface area contributed by atoms with E-state index in [0.29, 0.717) is 18.5 Å². The lowest BCUT2D eigenvalue weighted by molar-refractivity contribution is 0.255. The van der Waals surface area contributed by atoms with Gasteiger partial charge >= 0.3 is 0 Å². The highest BCUT2D eigenvalue weighted by Gasteiger charge is 2.29. The summed E-state index contributed by atoms with van der Waals surface area (Å²) in [7, 11) is 0. The first-order valence-electron chi connectivity index (χ1n) is 8.33. The van der Waals surface area contributed by atoms with E-state index in [4.69, 9.17) is 16.2 Å². The van der Waals surface area contributed by atoms with Gasteiger partial charge in [-0.15, -0.1) is 0 Å². The second kappa shape index (κ2) is 6.60. The Balaban J connectivity index is 1.57. The van der Waals surface area contributed by atoms with E-state index in [-0.39, 0.29) is 5.84 Å². The quantitative estimate of drug-likeness (QED) is 0.599. The molecule has 0 amide bonds. The topological polar surface area (TPSA) is 70.9 Å². The normalized spacial score (nSPS) is 20.0. The number of rotatable bonds is 7. The molecule has 21 heavy (non-hydrogen) atoms. The maximum Gasteiger partial charge on any atom is 0.0918 e. The third-order valence-electron chi connectivity index (χ3n) is 4.71. The minimum absolute atomic E-state index is 0.286. The van der Waals surface area contributed by atoms with Gasteiger partial charge in [-0.3, -0.25) is 15.0 Å². The van der Waals surface area contributed by atoms with Gasteiger partial charge in [-0.1, -0.05) is 19.3 Å². The Bertz CT molecular complexity index is 471. The summed E-state index contributed by atoms with van der Waals surface area (Å²) in [5.74, 6) is 0.286. The lowest BCUT2D eigenvalue weighted by Crippen LogP contribution is -2.29. The van der Waals surface area contributed by atoms with Crippen molar-refractivity contribution in [2.45, 2.75) is 70.0 Å². The van der Waals surface area contributed by atoms with Crippen molar-refractivity contribution in [1.82, 2.24) is 14.7 Å². The molecular weight excluding hydrogens is 262 g/mol. The summed E-state index contributed by atoms with van der Waals surface area (Å²) in [5, 5.41) is 12.2. The molecule has 5 nitrogen and oxygen atoms in total. The number of amidine groups is 1. The predicted molar refractivity (Wildman–Crippen MR) is 84.3 cm³/mol. The summed E-state index contributed by atoms with van der Waals surface area (Å²) >= 11 is 0. The molecule has 2 aliphatic rings. The molecule has 0 bridgehead atoms. The lowest BCUT2D eigenvalue weighted by atomic mass is 9.96. The van der Waals surface area contributed by atoms with Crippen LogP contribution in [0.5, 0.6) is 0 Å². The Morgan fingerprint density at radius 3 is 2.71 bits per heavy atom. The molecule has 0 aliphatic heterocycles. The average Bonchev–Trinajstić information content (AvgIpc) is 3.23. The number of aromatic nitrogens is 2. The molecule has 2 aliphatic carbocycles. The summed E-state index contributed by atoms with van der Waals surface area (Å²) in [6.45, 7) is 1.79. The van der Waals surface area contributed by atoms with Gasteiger partial charge in [0.25, 0.3) is 0 Å². The minimum Gasteiger partial charge on any atom is -0.388 e. The van der Waals surface area contributed by atoms with Crippen LogP contribution in [-0.2, 0) is 6.54 Å². The predicted octanol–water partition coefficient (Wildman–Crippen LogP) is 2.68. The molecule has 0 spiro atoms. The van der Waals surface area contributed by atoms with Crippen LogP contribution in [0.2, 0.25) is 0 Å². The standard InChI is InChI=1S/C16H27N5/c17-16(18)9-10-20(14-6-7-14)12-13-8-11-21(19-13)15-4-2-1-3-5-15/h8,11,14-15H,1-7,9-10,12H2,(H3,17,18). The van der Waals surface area contributed by atoms with Crippen molar-refractivity contribution in [1.29, 1.82) is 5.41 Å². The van der Waals surface area contributed by atoms with Gasteiger partial charge in [0, 0.05) is 31.7 Å². The molecule has 0 atom stereocenters. The largest absolute Gasteiger partial charge is 0.388 e. The molecule has 3 N–H and O–H groups in total. The van der Waals surface area contributed by atoms with Crippen LogP contribution in [0, 0.1) is 5.41 Å². The van der Waals surface area contributed by atoms with Gasteiger partial charge in [0.05, 0.1) is 17.6 Å². The van der Waals surface area contributed by atoms with E-state index in [1.165, 1.54) is 44.9 Å². The number of hydrogen-bond donors (Lipinski definition) is 2. The zero-order valence-electron chi connectivity index (χ0n) is 12.8. The van der Waals surface area contributed by atoms with Gasteiger partial charge < -0.3 is 5.73 Å². The SMILES string of the molecule is N=C(N)CCN(Cc1ccn(C2CCCCC2)n1)C1CC1. The maximum atomic E-state index is 7.40. The summed E-state index contributed by atoms with van der Waals surface area (Å²) in [4.78, 5) is 2.44. The van der Waals surface area contributed by atoms with Crippen LogP contribution in [0.4, 0.5) is 0 Å². The highest BCUT2D eigenvalue weighted by molar-refractivity contribution is 5.76. The van der Waals surface area contributed by atoms with Crippen molar-refractivity contribution >= 4 is 5.84 Å².